The third-order valence-corrected chi connectivity index (χ3v) is 8.27. The minimum absolute atomic E-state index is 0.921. The minimum atomic E-state index is 0.921. The summed E-state index contributed by atoms with van der Waals surface area (Å²) in [5.41, 5.74) is 6.85. The molecule has 6 aromatic rings. The van der Waals surface area contributed by atoms with E-state index in [9.17, 15) is 0 Å². The zero-order chi connectivity index (χ0) is 27.1. The molecule has 0 aliphatic rings. The average Bonchev–Trinajstić information content (AvgIpc) is 2.95. The van der Waals surface area contributed by atoms with Crippen LogP contribution in [0.1, 0.15) is 33.3 Å². The number of aryl methyl sites for hydroxylation is 1. The van der Waals surface area contributed by atoms with Crippen molar-refractivity contribution >= 4 is 49.2 Å². The van der Waals surface area contributed by atoms with E-state index in [0.717, 1.165) is 48.1 Å². The highest BCUT2D eigenvalue weighted by atomic mass is 16.3. The molecule has 0 N–H and O–H groups in total. The van der Waals surface area contributed by atoms with Crippen molar-refractivity contribution in [2.45, 2.75) is 34.6 Å². The lowest BCUT2D eigenvalue weighted by Crippen LogP contribution is -2.29. The van der Waals surface area contributed by atoms with Gasteiger partial charge in [-0.05, 0) is 110 Å². The molecular weight excluding hydrogens is 476 g/mol. The number of rotatable bonds is 6. The van der Waals surface area contributed by atoms with Gasteiger partial charge in [-0.3, -0.25) is 0 Å². The van der Waals surface area contributed by atoms with E-state index in [4.69, 9.17) is 4.42 Å². The maximum Gasteiger partial charge on any atom is 0.200 e. The van der Waals surface area contributed by atoms with E-state index < -0.39 is 0 Å². The van der Waals surface area contributed by atoms with E-state index in [2.05, 4.69) is 129 Å². The summed E-state index contributed by atoms with van der Waals surface area (Å²) in [5, 5.41) is 8.42. The number of hydrogen-bond acceptors (Lipinski definition) is 2. The zero-order valence-corrected chi connectivity index (χ0v) is 23.7. The second kappa shape index (κ2) is 10.2. The van der Waals surface area contributed by atoms with Gasteiger partial charge >= 0.3 is 0 Å². The third kappa shape index (κ3) is 4.36. The maximum absolute atomic E-state index is 6.74. The first-order valence-electron chi connectivity index (χ1n) is 14.3. The van der Waals surface area contributed by atoms with Crippen molar-refractivity contribution in [2.24, 2.45) is 0 Å². The number of benzene rings is 5. The molecule has 5 aromatic carbocycles. The Bertz CT molecular complexity index is 1920. The fourth-order valence-electron chi connectivity index (χ4n) is 6.07. The van der Waals surface area contributed by atoms with Crippen LogP contribution in [0.15, 0.2) is 89.3 Å². The fourth-order valence-corrected chi connectivity index (χ4v) is 6.07. The van der Waals surface area contributed by atoms with Crippen LogP contribution in [0.2, 0.25) is 0 Å². The predicted molar refractivity (Wildman–Crippen MR) is 169 cm³/mol. The van der Waals surface area contributed by atoms with Crippen LogP contribution in [0, 0.1) is 6.92 Å². The Morgan fingerprint density at radius 1 is 0.641 bits per heavy atom. The van der Waals surface area contributed by atoms with Gasteiger partial charge in [0.15, 0.2) is 0 Å². The summed E-state index contributed by atoms with van der Waals surface area (Å²) in [5.74, 6) is 0. The molecule has 3 heteroatoms. The Labute approximate surface area is 230 Å². The summed E-state index contributed by atoms with van der Waals surface area (Å²) in [6, 6.07) is 31.4. The quantitative estimate of drug-likeness (QED) is 0.164. The highest BCUT2D eigenvalue weighted by Crippen LogP contribution is 2.41. The van der Waals surface area contributed by atoms with E-state index in [-0.39, 0.29) is 0 Å². The van der Waals surface area contributed by atoms with Gasteiger partial charge in [0, 0.05) is 47.2 Å². The second-order valence-corrected chi connectivity index (χ2v) is 10.4. The first kappa shape index (κ1) is 25.2. The summed E-state index contributed by atoms with van der Waals surface area (Å²) in [7, 11) is 0. The summed E-state index contributed by atoms with van der Waals surface area (Å²) in [6.45, 7) is 15.0. The number of fused-ring (bicyclic) bond motifs is 4. The van der Waals surface area contributed by atoms with E-state index in [0.29, 0.717) is 0 Å². The molecule has 6 rings (SSSR count). The lowest BCUT2D eigenvalue weighted by molar-refractivity contribution is 0.627. The van der Waals surface area contributed by atoms with Crippen LogP contribution in [-0.2, 0) is 0 Å². The molecule has 196 valence electrons. The Morgan fingerprint density at radius 2 is 1.26 bits per heavy atom. The van der Waals surface area contributed by atoms with Crippen molar-refractivity contribution in [3.8, 4) is 11.1 Å². The molecule has 0 atom stereocenters. The fraction of sp³-hybridized carbons (Fsp3) is 0.250. The van der Waals surface area contributed by atoms with Gasteiger partial charge in [0.2, 0.25) is 5.36 Å². The van der Waals surface area contributed by atoms with Crippen LogP contribution in [0.25, 0.3) is 54.6 Å². The molecule has 0 bridgehead atoms. The highest BCUT2D eigenvalue weighted by Gasteiger charge is 2.16. The largest absolute Gasteiger partial charge is 0.456 e. The van der Waals surface area contributed by atoms with Crippen LogP contribution in [0.3, 0.4) is 0 Å². The lowest BCUT2D eigenvalue weighted by atomic mass is 9.92. The SMILES string of the molecule is CCN(CC)c1ccc2cc3c(-c4ccccc4C)c4cc5ccc(=[N+](CC)CC)cc5cc4oc3cc2c1. The molecule has 0 unspecified atom stereocenters. The third-order valence-electron chi connectivity index (χ3n) is 8.27. The molecule has 1 heterocycles. The van der Waals surface area contributed by atoms with Crippen molar-refractivity contribution < 1.29 is 4.42 Å². The summed E-state index contributed by atoms with van der Waals surface area (Å²) >= 11 is 0. The van der Waals surface area contributed by atoms with Gasteiger partial charge in [-0.1, -0.05) is 30.3 Å². The van der Waals surface area contributed by atoms with Crippen LogP contribution in [0.5, 0.6) is 0 Å². The standard InChI is InChI=1S/C36H37N2O/c1-6-37(7-2)29-16-14-25-20-32-34(22-27(25)18-29)39-35-23-28-19-30(38(8-3)9-4)17-15-26(28)21-33(35)36(32)31-13-11-10-12-24(31)5/h10-23H,6-9H2,1-5H3/q+1. The van der Waals surface area contributed by atoms with Gasteiger partial charge in [-0.25, -0.2) is 4.58 Å². The Morgan fingerprint density at radius 3 is 1.87 bits per heavy atom. The lowest BCUT2D eigenvalue weighted by Gasteiger charge is -2.21. The van der Waals surface area contributed by atoms with Crippen molar-refractivity contribution in [3.63, 3.8) is 0 Å². The molecule has 0 saturated heterocycles. The number of hydrogen-bond donors (Lipinski definition) is 0. The van der Waals surface area contributed by atoms with E-state index in [1.165, 1.54) is 49.3 Å². The van der Waals surface area contributed by atoms with Crippen LogP contribution in [0.4, 0.5) is 5.69 Å². The smallest absolute Gasteiger partial charge is 0.200 e. The average molecular weight is 514 g/mol. The van der Waals surface area contributed by atoms with Gasteiger partial charge in [0.1, 0.15) is 24.3 Å². The molecule has 0 spiro atoms. The van der Waals surface area contributed by atoms with Crippen LogP contribution >= 0.6 is 0 Å². The van der Waals surface area contributed by atoms with Gasteiger partial charge in [0.25, 0.3) is 0 Å². The van der Waals surface area contributed by atoms with Gasteiger partial charge in [-0.2, -0.15) is 0 Å². The highest BCUT2D eigenvalue weighted by molar-refractivity contribution is 6.14. The van der Waals surface area contributed by atoms with Crippen LogP contribution in [-0.4, -0.2) is 26.2 Å². The predicted octanol–water partition coefficient (Wildman–Crippen LogP) is 8.53. The monoisotopic (exact) mass is 513 g/mol. The zero-order valence-electron chi connectivity index (χ0n) is 23.7. The molecule has 0 aliphatic heterocycles. The summed E-state index contributed by atoms with van der Waals surface area (Å²) in [4.78, 5) is 2.39. The van der Waals surface area contributed by atoms with E-state index in [1.807, 2.05) is 0 Å². The molecule has 0 radical (unpaired) electrons. The first-order chi connectivity index (χ1) is 19.0. The molecule has 0 aliphatic carbocycles. The normalized spacial score (nSPS) is 11.6. The second-order valence-electron chi connectivity index (χ2n) is 10.4. The molecular formula is C36H37N2O+. The summed E-state index contributed by atoms with van der Waals surface area (Å²) < 4.78 is 9.13. The van der Waals surface area contributed by atoms with Gasteiger partial charge in [0.05, 0.1) is 0 Å². The Kier molecular flexibility index (Phi) is 6.60. The molecule has 0 fully saturated rings. The van der Waals surface area contributed by atoms with E-state index >= 15 is 0 Å². The van der Waals surface area contributed by atoms with Crippen LogP contribution < -0.4 is 14.8 Å². The van der Waals surface area contributed by atoms with Crippen molar-refractivity contribution in [3.05, 3.63) is 95.8 Å². The molecule has 0 saturated carbocycles. The Hall–Kier alpha value is -4.11. The molecule has 0 amide bonds. The minimum Gasteiger partial charge on any atom is -0.456 e. The Balaban J connectivity index is 1.71. The van der Waals surface area contributed by atoms with Gasteiger partial charge in [-0.15, -0.1) is 0 Å². The molecule has 39 heavy (non-hydrogen) atoms. The number of anilines is 1. The van der Waals surface area contributed by atoms with E-state index in [1.54, 1.807) is 0 Å². The topological polar surface area (TPSA) is 19.4 Å². The van der Waals surface area contributed by atoms with Crippen molar-refractivity contribution in [1.29, 1.82) is 0 Å². The molecule has 1 aromatic heterocycles. The van der Waals surface area contributed by atoms with Crippen molar-refractivity contribution in [2.75, 3.05) is 31.1 Å². The number of nitrogens with zero attached hydrogens (tertiary/aromatic N) is 2. The summed E-state index contributed by atoms with van der Waals surface area (Å²) in [6.07, 6.45) is 0. The molecule has 3 nitrogen and oxygen atoms in total. The first-order valence-corrected chi connectivity index (χ1v) is 14.3. The van der Waals surface area contributed by atoms with Crippen molar-refractivity contribution in [1.82, 2.24) is 4.58 Å². The maximum atomic E-state index is 6.74. The van der Waals surface area contributed by atoms with Gasteiger partial charge < -0.3 is 9.32 Å².